The molecule has 0 heterocycles. The van der Waals surface area contributed by atoms with Crippen LogP contribution < -0.4 is 14.8 Å². The molecular weight excluding hydrogens is 529 g/mol. The van der Waals surface area contributed by atoms with Gasteiger partial charge in [-0.15, -0.1) is 0 Å². The molecule has 1 N–H and O–H groups in total. The Kier molecular flexibility index (Phi) is 9.51. The maximum atomic E-state index is 12.3. The Morgan fingerprint density at radius 2 is 1.72 bits per heavy atom. The lowest BCUT2D eigenvalue weighted by Crippen LogP contribution is -2.20. The molecule has 0 spiro atoms. The van der Waals surface area contributed by atoms with Gasteiger partial charge in [0, 0.05) is 5.69 Å². The number of amides is 1. The lowest BCUT2D eigenvalue weighted by atomic mass is 10.1. The zero-order chi connectivity index (χ0) is 23.7. The molecule has 9 heteroatoms. The number of ether oxygens (including phenoxy) is 4. The molecule has 32 heavy (non-hydrogen) atoms. The van der Waals surface area contributed by atoms with Crippen LogP contribution in [0.15, 0.2) is 42.0 Å². The number of methoxy groups -OCH3 is 2. The summed E-state index contributed by atoms with van der Waals surface area (Å²) < 4.78 is 21.3. The van der Waals surface area contributed by atoms with Crippen molar-refractivity contribution in [3.05, 3.63) is 56.7 Å². The van der Waals surface area contributed by atoms with Gasteiger partial charge in [0.15, 0.2) is 18.1 Å². The van der Waals surface area contributed by atoms with Crippen LogP contribution in [0.25, 0.3) is 6.08 Å². The topological polar surface area (TPSA) is 100 Å². The van der Waals surface area contributed by atoms with Gasteiger partial charge in [0.2, 0.25) is 0 Å². The van der Waals surface area contributed by atoms with Gasteiger partial charge in [-0.25, -0.2) is 9.59 Å². The fraction of sp³-hybridized carbons (Fsp3) is 0.261. The van der Waals surface area contributed by atoms with Crippen LogP contribution in [-0.4, -0.2) is 45.3 Å². The fourth-order valence-electron chi connectivity index (χ4n) is 2.72. The van der Waals surface area contributed by atoms with Crippen LogP contribution in [0, 0.1) is 10.5 Å². The molecule has 1 amide bonds. The zero-order valence-electron chi connectivity index (χ0n) is 18.2. The predicted molar refractivity (Wildman–Crippen MR) is 128 cm³/mol. The lowest BCUT2D eigenvalue weighted by Gasteiger charge is -2.15. The number of anilines is 1. The van der Waals surface area contributed by atoms with Crippen LogP contribution in [-0.2, 0) is 23.9 Å². The second-order valence-electron chi connectivity index (χ2n) is 6.51. The second kappa shape index (κ2) is 12.1. The summed E-state index contributed by atoms with van der Waals surface area (Å²) in [5, 5.41) is 2.78. The van der Waals surface area contributed by atoms with Crippen LogP contribution in [0.2, 0.25) is 0 Å². The number of hydrogen-bond donors (Lipinski definition) is 1. The first-order valence-corrected chi connectivity index (χ1v) is 10.7. The fourth-order valence-corrected chi connectivity index (χ4v) is 3.50. The highest BCUT2D eigenvalue weighted by molar-refractivity contribution is 14.1. The monoisotopic (exact) mass is 553 g/mol. The Morgan fingerprint density at radius 3 is 2.31 bits per heavy atom. The van der Waals surface area contributed by atoms with Gasteiger partial charge < -0.3 is 24.3 Å². The summed E-state index contributed by atoms with van der Waals surface area (Å²) in [6, 6.07) is 10.7. The van der Waals surface area contributed by atoms with Gasteiger partial charge in [-0.1, -0.05) is 12.1 Å². The molecule has 0 aliphatic heterocycles. The van der Waals surface area contributed by atoms with Crippen LogP contribution in [0.1, 0.15) is 18.1 Å². The third-order valence-corrected chi connectivity index (χ3v) is 4.90. The maximum Gasteiger partial charge on any atom is 0.345 e. The van der Waals surface area contributed by atoms with Gasteiger partial charge in [-0.2, -0.15) is 0 Å². The van der Waals surface area contributed by atoms with Crippen LogP contribution in [0.5, 0.6) is 11.5 Å². The highest BCUT2D eigenvalue weighted by atomic mass is 127. The van der Waals surface area contributed by atoms with Crippen molar-refractivity contribution in [2.24, 2.45) is 0 Å². The minimum atomic E-state index is -0.821. The minimum absolute atomic E-state index is 0.227. The molecule has 0 radical (unpaired) electrons. The van der Waals surface area contributed by atoms with Crippen molar-refractivity contribution in [2.45, 2.75) is 13.8 Å². The number of carbonyl (C=O) groups excluding carboxylic acids is 3. The van der Waals surface area contributed by atoms with Crippen molar-refractivity contribution >= 4 is 52.2 Å². The molecule has 0 aliphatic carbocycles. The zero-order valence-corrected chi connectivity index (χ0v) is 20.3. The van der Waals surface area contributed by atoms with Crippen molar-refractivity contribution in [1.29, 1.82) is 0 Å². The largest absolute Gasteiger partial charge is 0.490 e. The number of aryl methyl sites for hydroxylation is 1. The SMILES string of the molecule is CCOc1cc(C=C(C(=O)OC)C(=O)OC)cc(I)c1OCC(=O)Nc1cccc(C)c1. The molecule has 2 aromatic carbocycles. The van der Waals surface area contributed by atoms with E-state index in [0.717, 1.165) is 5.56 Å². The summed E-state index contributed by atoms with van der Waals surface area (Å²) in [7, 11) is 2.35. The van der Waals surface area contributed by atoms with Crippen molar-refractivity contribution in [3.8, 4) is 11.5 Å². The number of halogens is 1. The van der Waals surface area contributed by atoms with Crippen LogP contribution in [0.4, 0.5) is 5.69 Å². The molecular formula is C23H24INO7. The Labute approximate surface area is 200 Å². The van der Waals surface area contributed by atoms with Crippen LogP contribution in [0.3, 0.4) is 0 Å². The Hall–Kier alpha value is -3.08. The minimum Gasteiger partial charge on any atom is -0.490 e. The third kappa shape index (κ3) is 6.98. The van der Waals surface area contributed by atoms with Gasteiger partial charge in [-0.05, 0) is 77.9 Å². The first kappa shape index (κ1) is 25.2. The summed E-state index contributed by atoms with van der Waals surface area (Å²) in [6.07, 6.45) is 1.34. The van der Waals surface area contributed by atoms with Crippen molar-refractivity contribution in [3.63, 3.8) is 0 Å². The molecule has 170 valence electrons. The molecule has 0 saturated carbocycles. The molecule has 2 aromatic rings. The van der Waals surface area contributed by atoms with Gasteiger partial charge >= 0.3 is 11.9 Å². The number of nitrogens with one attached hydrogen (secondary N) is 1. The highest BCUT2D eigenvalue weighted by Gasteiger charge is 2.21. The number of hydrogen-bond acceptors (Lipinski definition) is 7. The Bertz CT molecular complexity index is 1020. The van der Waals surface area contributed by atoms with Crippen LogP contribution >= 0.6 is 22.6 Å². The summed E-state index contributed by atoms with van der Waals surface area (Å²) in [6.45, 7) is 3.85. The number of benzene rings is 2. The molecule has 0 aromatic heterocycles. The summed E-state index contributed by atoms with van der Waals surface area (Å²) >= 11 is 2.03. The molecule has 0 fully saturated rings. The van der Waals surface area contributed by atoms with Gasteiger partial charge in [-0.3, -0.25) is 4.79 Å². The standard InChI is InChI=1S/C23H24INO7/c1-5-31-19-12-15(10-17(22(27)29-3)23(28)30-4)11-18(24)21(19)32-13-20(26)25-16-8-6-7-14(2)9-16/h6-12H,5,13H2,1-4H3,(H,25,26). The molecule has 0 saturated heterocycles. The maximum absolute atomic E-state index is 12.3. The van der Waals surface area contributed by atoms with E-state index in [0.29, 0.717) is 32.9 Å². The van der Waals surface area contributed by atoms with Crippen molar-refractivity contribution < 1.29 is 33.3 Å². The molecule has 0 atom stereocenters. The number of esters is 2. The lowest BCUT2D eigenvalue weighted by molar-refractivity contribution is -0.143. The first-order valence-electron chi connectivity index (χ1n) is 9.63. The molecule has 0 unspecified atom stereocenters. The second-order valence-corrected chi connectivity index (χ2v) is 7.67. The van der Waals surface area contributed by atoms with E-state index >= 15 is 0 Å². The number of rotatable bonds is 9. The van der Waals surface area contributed by atoms with E-state index in [1.165, 1.54) is 20.3 Å². The predicted octanol–water partition coefficient (Wildman–Crippen LogP) is 3.75. The quantitative estimate of drug-likeness (QED) is 0.166. The van der Waals surface area contributed by atoms with Crippen molar-refractivity contribution in [2.75, 3.05) is 32.8 Å². The Balaban J connectivity index is 2.26. The van der Waals surface area contributed by atoms with E-state index in [-0.39, 0.29) is 18.1 Å². The Morgan fingerprint density at radius 1 is 1.03 bits per heavy atom. The molecule has 8 nitrogen and oxygen atoms in total. The number of carbonyl (C=O) groups is 3. The van der Waals surface area contributed by atoms with Gasteiger partial charge in [0.25, 0.3) is 5.91 Å². The third-order valence-electron chi connectivity index (χ3n) is 4.10. The van der Waals surface area contributed by atoms with Crippen molar-refractivity contribution in [1.82, 2.24) is 0 Å². The highest BCUT2D eigenvalue weighted by Crippen LogP contribution is 2.35. The average Bonchev–Trinajstić information content (AvgIpc) is 2.76. The van der Waals surface area contributed by atoms with Gasteiger partial charge in [0.1, 0.15) is 5.57 Å². The molecule has 2 rings (SSSR count). The normalized spacial score (nSPS) is 10.0. The van der Waals surface area contributed by atoms with E-state index in [4.69, 9.17) is 9.47 Å². The van der Waals surface area contributed by atoms with Gasteiger partial charge in [0.05, 0.1) is 24.4 Å². The van der Waals surface area contributed by atoms with E-state index in [1.807, 2.05) is 47.7 Å². The molecule has 0 bridgehead atoms. The van der Waals surface area contributed by atoms with E-state index < -0.39 is 11.9 Å². The van der Waals surface area contributed by atoms with E-state index in [2.05, 4.69) is 14.8 Å². The summed E-state index contributed by atoms with van der Waals surface area (Å²) in [5.74, 6) is -1.22. The summed E-state index contributed by atoms with van der Waals surface area (Å²) in [5.41, 5.74) is 1.94. The first-order chi connectivity index (χ1) is 15.3. The smallest absolute Gasteiger partial charge is 0.345 e. The summed E-state index contributed by atoms with van der Waals surface area (Å²) in [4.78, 5) is 36.2. The molecule has 0 aliphatic rings. The van der Waals surface area contributed by atoms with E-state index in [1.54, 1.807) is 25.1 Å². The average molecular weight is 553 g/mol. The van der Waals surface area contributed by atoms with E-state index in [9.17, 15) is 14.4 Å².